The Morgan fingerprint density at radius 2 is 2.40 bits per heavy atom. The molecular weight excluding hydrogens is 190 g/mol. The summed E-state index contributed by atoms with van der Waals surface area (Å²) in [5.41, 5.74) is 1.13. The van der Waals surface area contributed by atoms with Gasteiger partial charge in [0.1, 0.15) is 0 Å². The third-order valence-electron chi connectivity index (χ3n) is 2.93. The van der Waals surface area contributed by atoms with Crippen LogP contribution in [0.5, 0.6) is 0 Å². The molecule has 5 heteroatoms. The van der Waals surface area contributed by atoms with Gasteiger partial charge in [0.25, 0.3) is 0 Å². The van der Waals surface area contributed by atoms with Crippen molar-refractivity contribution >= 4 is 0 Å². The summed E-state index contributed by atoms with van der Waals surface area (Å²) in [5, 5.41) is 11.1. The number of aromatic nitrogens is 3. The van der Waals surface area contributed by atoms with Crippen molar-refractivity contribution in [3.63, 3.8) is 0 Å². The van der Waals surface area contributed by atoms with Crippen LogP contribution in [-0.2, 0) is 13.6 Å². The standard InChI is InChI=1S/C10H19N5/c1-14(9-3-4-9)6-5-11-7-10-8-12-13-15(10)2/h8-9,11H,3-7H2,1-2H3. The average molecular weight is 209 g/mol. The highest BCUT2D eigenvalue weighted by Crippen LogP contribution is 2.24. The number of hydrogen-bond acceptors (Lipinski definition) is 4. The van der Waals surface area contributed by atoms with Gasteiger partial charge in [-0.3, -0.25) is 4.68 Å². The molecule has 84 valence electrons. The van der Waals surface area contributed by atoms with E-state index >= 15 is 0 Å². The average Bonchev–Trinajstić information content (AvgIpc) is 2.99. The van der Waals surface area contributed by atoms with Gasteiger partial charge in [0, 0.05) is 32.7 Å². The highest BCUT2D eigenvalue weighted by molar-refractivity contribution is 4.92. The molecular formula is C10H19N5. The molecule has 1 fully saturated rings. The van der Waals surface area contributed by atoms with Crippen LogP contribution in [0.3, 0.4) is 0 Å². The Hall–Kier alpha value is -0.940. The third kappa shape index (κ3) is 3.00. The number of nitrogens with zero attached hydrogens (tertiary/aromatic N) is 4. The molecule has 15 heavy (non-hydrogen) atoms. The molecule has 1 aliphatic rings. The number of aryl methyl sites for hydroxylation is 1. The molecule has 0 radical (unpaired) electrons. The van der Waals surface area contributed by atoms with Gasteiger partial charge in [0.05, 0.1) is 11.9 Å². The minimum atomic E-state index is 0.849. The molecule has 0 amide bonds. The van der Waals surface area contributed by atoms with Crippen LogP contribution < -0.4 is 5.32 Å². The molecule has 1 N–H and O–H groups in total. The molecule has 5 nitrogen and oxygen atoms in total. The van der Waals surface area contributed by atoms with Gasteiger partial charge in [0.15, 0.2) is 0 Å². The summed E-state index contributed by atoms with van der Waals surface area (Å²) in [5.74, 6) is 0. The monoisotopic (exact) mass is 209 g/mol. The van der Waals surface area contributed by atoms with E-state index in [9.17, 15) is 0 Å². The fourth-order valence-electron chi connectivity index (χ4n) is 1.64. The first-order chi connectivity index (χ1) is 7.27. The molecule has 1 aromatic rings. The van der Waals surface area contributed by atoms with Gasteiger partial charge in [-0.05, 0) is 19.9 Å². The smallest absolute Gasteiger partial charge is 0.0738 e. The predicted molar refractivity (Wildman–Crippen MR) is 58.4 cm³/mol. The van der Waals surface area contributed by atoms with Gasteiger partial charge in [-0.25, -0.2) is 0 Å². The Labute approximate surface area is 90.5 Å². The van der Waals surface area contributed by atoms with Crippen molar-refractivity contribution in [2.75, 3.05) is 20.1 Å². The molecule has 0 aliphatic heterocycles. The molecule has 1 saturated carbocycles. The van der Waals surface area contributed by atoms with Crippen molar-refractivity contribution in [2.24, 2.45) is 7.05 Å². The van der Waals surface area contributed by atoms with Crippen LogP contribution in [0.15, 0.2) is 6.20 Å². The van der Waals surface area contributed by atoms with Crippen LogP contribution in [0.25, 0.3) is 0 Å². The molecule has 1 aromatic heterocycles. The van der Waals surface area contributed by atoms with E-state index in [1.165, 1.54) is 12.8 Å². The van der Waals surface area contributed by atoms with Crippen molar-refractivity contribution in [3.8, 4) is 0 Å². The zero-order valence-corrected chi connectivity index (χ0v) is 9.48. The van der Waals surface area contributed by atoms with Crippen LogP contribution >= 0.6 is 0 Å². The molecule has 1 aliphatic carbocycles. The molecule has 2 rings (SSSR count). The van der Waals surface area contributed by atoms with Crippen molar-refractivity contribution in [1.82, 2.24) is 25.2 Å². The number of hydrogen-bond donors (Lipinski definition) is 1. The highest BCUT2D eigenvalue weighted by Gasteiger charge is 2.25. The maximum absolute atomic E-state index is 3.88. The SMILES string of the molecule is CN(CCNCc1cnnn1C)C1CC1. The van der Waals surface area contributed by atoms with E-state index < -0.39 is 0 Å². The molecule has 0 spiro atoms. The van der Waals surface area contributed by atoms with Crippen LogP contribution in [0.4, 0.5) is 0 Å². The van der Waals surface area contributed by atoms with Crippen LogP contribution in [-0.4, -0.2) is 46.1 Å². The van der Waals surface area contributed by atoms with Crippen molar-refractivity contribution < 1.29 is 0 Å². The van der Waals surface area contributed by atoms with E-state index in [1.54, 1.807) is 10.9 Å². The zero-order valence-electron chi connectivity index (χ0n) is 9.48. The predicted octanol–water partition coefficient (Wildman–Crippen LogP) is -0.00110. The first-order valence-corrected chi connectivity index (χ1v) is 5.52. The maximum Gasteiger partial charge on any atom is 0.0738 e. The summed E-state index contributed by atoms with van der Waals surface area (Å²) in [6.07, 6.45) is 4.56. The zero-order chi connectivity index (χ0) is 10.7. The number of likely N-dealkylation sites (N-methyl/N-ethyl adjacent to an activating group) is 1. The minimum absolute atomic E-state index is 0.849. The van der Waals surface area contributed by atoms with E-state index in [4.69, 9.17) is 0 Å². The van der Waals surface area contributed by atoms with Gasteiger partial charge < -0.3 is 10.2 Å². The summed E-state index contributed by atoms with van der Waals surface area (Å²) in [7, 11) is 4.12. The Morgan fingerprint density at radius 1 is 1.60 bits per heavy atom. The molecule has 0 saturated heterocycles. The lowest BCUT2D eigenvalue weighted by atomic mass is 10.4. The normalized spacial score (nSPS) is 16.2. The third-order valence-corrected chi connectivity index (χ3v) is 2.93. The second-order valence-corrected chi connectivity index (χ2v) is 4.24. The van der Waals surface area contributed by atoms with E-state index in [0.717, 1.165) is 31.4 Å². The maximum atomic E-state index is 3.88. The fraction of sp³-hybridized carbons (Fsp3) is 0.800. The Kier molecular flexibility index (Phi) is 3.33. The highest BCUT2D eigenvalue weighted by atomic mass is 15.4. The van der Waals surface area contributed by atoms with Crippen molar-refractivity contribution in [1.29, 1.82) is 0 Å². The Morgan fingerprint density at radius 3 is 3.00 bits per heavy atom. The first-order valence-electron chi connectivity index (χ1n) is 5.52. The fourth-order valence-corrected chi connectivity index (χ4v) is 1.64. The topological polar surface area (TPSA) is 46.0 Å². The second kappa shape index (κ2) is 4.72. The first kappa shape index (κ1) is 10.6. The van der Waals surface area contributed by atoms with Gasteiger partial charge in [-0.1, -0.05) is 5.21 Å². The summed E-state index contributed by atoms with van der Waals surface area (Å²) >= 11 is 0. The largest absolute Gasteiger partial charge is 0.310 e. The Bertz CT molecular complexity index is 305. The lowest BCUT2D eigenvalue weighted by molar-refractivity contribution is 0.321. The van der Waals surface area contributed by atoms with E-state index in [1.807, 2.05) is 7.05 Å². The van der Waals surface area contributed by atoms with E-state index in [2.05, 4.69) is 27.6 Å². The summed E-state index contributed by atoms with van der Waals surface area (Å²) < 4.78 is 1.80. The van der Waals surface area contributed by atoms with Gasteiger partial charge in [-0.15, -0.1) is 5.10 Å². The van der Waals surface area contributed by atoms with Crippen LogP contribution in [0.1, 0.15) is 18.5 Å². The van der Waals surface area contributed by atoms with E-state index in [-0.39, 0.29) is 0 Å². The summed E-state index contributed by atoms with van der Waals surface area (Å²) in [6.45, 7) is 3.00. The van der Waals surface area contributed by atoms with Gasteiger partial charge in [0.2, 0.25) is 0 Å². The van der Waals surface area contributed by atoms with Crippen molar-refractivity contribution in [3.05, 3.63) is 11.9 Å². The number of rotatable bonds is 6. The minimum Gasteiger partial charge on any atom is -0.310 e. The lowest BCUT2D eigenvalue weighted by Crippen LogP contribution is -2.30. The molecule has 0 aromatic carbocycles. The van der Waals surface area contributed by atoms with Crippen molar-refractivity contribution in [2.45, 2.75) is 25.4 Å². The van der Waals surface area contributed by atoms with Gasteiger partial charge in [-0.2, -0.15) is 0 Å². The molecule has 0 unspecified atom stereocenters. The summed E-state index contributed by atoms with van der Waals surface area (Å²) in [6, 6.07) is 0.852. The summed E-state index contributed by atoms with van der Waals surface area (Å²) in [4.78, 5) is 2.43. The lowest BCUT2D eigenvalue weighted by Gasteiger charge is -2.15. The van der Waals surface area contributed by atoms with Gasteiger partial charge >= 0.3 is 0 Å². The molecule has 0 atom stereocenters. The second-order valence-electron chi connectivity index (χ2n) is 4.24. The van der Waals surface area contributed by atoms with Crippen LogP contribution in [0, 0.1) is 0 Å². The molecule has 1 heterocycles. The van der Waals surface area contributed by atoms with E-state index in [0.29, 0.717) is 0 Å². The Balaban J connectivity index is 1.60. The number of nitrogens with one attached hydrogen (secondary N) is 1. The quantitative estimate of drug-likeness (QED) is 0.670. The van der Waals surface area contributed by atoms with Crippen LogP contribution in [0.2, 0.25) is 0 Å². The molecule has 0 bridgehead atoms.